The molecule has 0 unspecified atom stereocenters. The van der Waals surface area contributed by atoms with Gasteiger partial charge in [0.05, 0.1) is 17.4 Å². The minimum atomic E-state index is -0.321. The zero-order chi connectivity index (χ0) is 20.1. The molecule has 7 heteroatoms. The van der Waals surface area contributed by atoms with Gasteiger partial charge in [-0.1, -0.05) is 41.9 Å². The van der Waals surface area contributed by atoms with Crippen LogP contribution in [-0.4, -0.2) is 20.9 Å². The molecule has 2 aromatic heterocycles. The second-order valence-electron chi connectivity index (χ2n) is 6.06. The monoisotopic (exact) mass is 402 g/mol. The highest BCUT2D eigenvalue weighted by Crippen LogP contribution is 2.22. The number of nitrogens with one attached hydrogen (secondary N) is 1. The minimum absolute atomic E-state index is 0.321. The van der Waals surface area contributed by atoms with Crippen LogP contribution in [0.3, 0.4) is 0 Å². The van der Waals surface area contributed by atoms with Crippen LogP contribution in [0.15, 0.2) is 85.3 Å². The van der Waals surface area contributed by atoms with Crippen molar-refractivity contribution in [3.8, 4) is 23.0 Å². The third kappa shape index (κ3) is 4.75. The smallest absolute Gasteiger partial charge is 0.258 e. The number of anilines is 1. The third-order valence-corrected chi connectivity index (χ3v) is 4.23. The van der Waals surface area contributed by atoms with E-state index in [4.69, 9.17) is 16.3 Å². The predicted molar refractivity (Wildman–Crippen MR) is 111 cm³/mol. The van der Waals surface area contributed by atoms with Crippen molar-refractivity contribution in [3.63, 3.8) is 0 Å². The molecule has 142 valence electrons. The van der Waals surface area contributed by atoms with Gasteiger partial charge in [-0.05, 0) is 30.3 Å². The Morgan fingerprint density at radius 2 is 1.55 bits per heavy atom. The molecule has 1 amide bonds. The second-order valence-corrected chi connectivity index (χ2v) is 6.49. The van der Waals surface area contributed by atoms with Crippen LogP contribution in [0.2, 0.25) is 5.02 Å². The quantitative estimate of drug-likeness (QED) is 0.494. The molecule has 0 aliphatic rings. The van der Waals surface area contributed by atoms with Crippen LogP contribution >= 0.6 is 11.6 Å². The average Bonchev–Trinajstić information content (AvgIpc) is 2.77. The van der Waals surface area contributed by atoms with Crippen molar-refractivity contribution in [2.24, 2.45) is 0 Å². The summed E-state index contributed by atoms with van der Waals surface area (Å²) in [6, 6.07) is 19.9. The normalized spacial score (nSPS) is 10.4. The summed E-state index contributed by atoms with van der Waals surface area (Å²) in [4.78, 5) is 25.1. The Labute approximate surface area is 172 Å². The first-order valence-electron chi connectivity index (χ1n) is 8.76. The zero-order valence-corrected chi connectivity index (χ0v) is 15.9. The summed E-state index contributed by atoms with van der Waals surface area (Å²) in [5.41, 5.74) is 1.77. The van der Waals surface area contributed by atoms with Gasteiger partial charge in [0.25, 0.3) is 5.91 Å². The molecule has 4 aromatic rings. The molecule has 6 nitrogen and oxygen atoms in total. The van der Waals surface area contributed by atoms with Gasteiger partial charge < -0.3 is 10.1 Å². The van der Waals surface area contributed by atoms with Crippen LogP contribution in [0.5, 0.6) is 11.6 Å². The minimum Gasteiger partial charge on any atom is -0.439 e. The first kappa shape index (κ1) is 18.6. The maximum Gasteiger partial charge on any atom is 0.258 e. The van der Waals surface area contributed by atoms with E-state index in [-0.39, 0.29) is 5.91 Å². The molecule has 29 heavy (non-hydrogen) atoms. The van der Waals surface area contributed by atoms with E-state index in [1.54, 1.807) is 36.4 Å². The molecular formula is C22H15ClN4O2. The molecule has 0 radical (unpaired) electrons. The number of benzene rings is 2. The van der Waals surface area contributed by atoms with E-state index >= 15 is 0 Å². The molecule has 0 aliphatic heterocycles. The first-order chi connectivity index (χ1) is 14.2. The van der Waals surface area contributed by atoms with Gasteiger partial charge in [0.2, 0.25) is 5.88 Å². The predicted octanol–water partition coefficient (Wildman–Crippen LogP) is 5.24. The van der Waals surface area contributed by atoms with Crippen molar-refractivity contribution in [2.75, 3.05) is 5.32 Å². The van der Waals surface area contributed by atoms with Crippen molar-refractivity contribution in [1.29, 1.82) is 0 Å². The highest BCUT2D eigenvalue weighted by Gasteiger charge is 2.09. The summed E-state index contributed by atoms with van der Waals surface area (Å²) >= 11 is 5.85. The van der Waals surface area contributed by atoms with Crippen LogP contribution < -0.4 is 10.1 Å². The number of pyridine rings is 1. The van der Waals surface area contributed by atoms with E-state index in [9.17, 15) is 4.79 Å². The van der Waals surface area contributed by atoms with Gasteiger partial charge in [-0.2, -0.15) is 0 Å². The van der Waals surface area contributed by atoms with Gasteiger partial charge >= 0.3 is 0 Å². The maximum absolute atomic E-state index is 12.4. The van der Waals surface area contributed by atoms with E-state index in [1.807, 2.05) is 30.3 Å². The molecule has 2 aromatic carbocycles. The summed E-state index contributed by atoms with van der Waals surface area (Å²) < 4.78 is 5.63. The number of rotatable bonds is 5. The van der Waals surface area contributed by atoms with E-state index in [0.717, 1.165) is 5.56 Å². The van der Waals surface area contributed by atoms with E-state index in [1.165, 1.54) is 18.6 Å². The number of ether oxygens (including phenoxy) is 1. The number of carbonyl (C=O) groups is 1. The summed E-state index contributed by atoms with van der Waals surface area (Å²) in [7, 11) is 0. The Bertz CT molecular complexity index is 1100. The highest BCUT2D eigenvalue weighted by molar-refractivity contribution is 6.30. The second kappa shape index (κ2) is 8.50. The SMILES string of the molecule is O=C(Nc1ccc(Oc2ccc(Cl)cc2)nc1)c1cnc(-c2ccccc2)nc1. The van der Waals surface area contributed by atoms with Crippen LogP contribution in [-0.2, 0) is 0 Å². The molecule has 0 saturated heterocycles. The molecule has 0 fully saturated rings. The number of aromatic nitrogens is 3. The van der Waals surface area contributed by atoms with E-state index in [2.05, 4.69) is 20.3 Å². The van der Waals surface area contributed by atoms with Crippen molar-refractivity contribution >= 4 is 23.2 Å². The Morgan fingerprint density at radius 1 is 0.828 bits per heavy atom. The van der Waals surface area contributed by atoms with Gasteiger partial charge in [0.1, 0.15) is 5.75 Å². The Kier molecular flexibility index (Phi) is 5.45. The van der Waals surface area contributed by atoms with Gasteiger partial charge in [0.15, 0.2) is 5.82 Å². The fraction of sp³-hybridized carbons (Fsp3) is 0. The largest absolute Gasteiger partial charge is 0.439 e. The molecule has 0 spiro atoms. The Balaban J connectivity index is 1.39. The average molecular weight is 403 g/mol. The Hall–Kier alpha value is -3.77. The van der Waals surface area contributed by atoms with Gasteiger partial charge in [0, 0.05) is 29.0 Å². The topological polar surface area (TPSA) is 77.0 Å². The Morgan fingerprint density at radius 3 is 2.21 bits per heavy atom. The first-order valence-corrected chi connectivity index (χ1v) is 9.13. The number of carbonyl (C=O) groups excluding carboxylic acids is 1. The van der Waals surface area contributed by atoms with Crippen LogP contribution in [0, 0.1) is 0 Å². The zero-order valence-electron chi connectivity index (χ0n) is 15.1. The van der Waals surface area contributed by atoms with Crippen molar-refractivity contribution in [3.05, 3.63) is 95.9 Å². The molecule has 0 bridgehead atoms. The standard InChI is InChI=1S/C22H15ClN4O2/c23-17-6-9-19(10-7-17)29-20-11-8-18(14-24-20)27-22(28)16-12-25-21(26-13-16)15-4-2-1-3-5-15/h1-14H,(H,27,28). The molecule has 0 atom stereocenters. The van der Waals surface area contributed by atoms with Crippen LogP contribution in [0.4, 0.5) is 5.69 Å². The molecule has 0 saturated carbocycles. The third-order valence-electron chi connectivity index (χ3n) is 3.98. The molecule has 4 rings (SSSR count). The summed E-state index contributed by atoms with van der Waals surface area (Å²) in [5.74, 6) is 1.26. The van der Waals surface area contributed by atoms with Gasteiger partial charge in [-0.15, -0.1) is 0 Å². The number of halogens is 1. The lowest BCUT2D eigenvalue weighted by molar-refractivity contribution is 0.102. The van der Waals surface area contributed by atoms with Crippen LogP contribution in [0.1, 0.15) is 10.4 Å². The number of hydrogen-bond acceptors (Lipinski definition) is 5. The van der Waals surface area contributed by atoms with Gasteiger partial charge in [-0.25, -0.2) is 15.0 Å². The summed E-state index contributed by atoms with van der Waals surface area (Å²) in [6.07, 6.45) is 4.51. The lowest BCUT2D eigenvalue weighted by atomic mass is 10.2. The lowest BCUT2D eigenvalue weighted by Gasteiger charge is -2.07. The number of nitrogens with zero attached hydrogens (tertiary/aromatic N) is 3. The van der Waals surface area contributed by atoms with Crippen molar-refractivity contribution in [1.82, 2.24) is 15.0 Å². The number of amides is 1. The van der Waals surface area contributed by atoms with Crippen LogP contribution in [0.25, 0.3) is 11.4 Å². The fourth-order valence-electron chi connectivity index (χ4n) is 2.52. The fourth-order valence-corrected chi connectivity index (χ4v) is 2.65. The van der Waals surface area contributed by atoms with E-state index < -0.39 is 0 Å². The highest BCUT2D eigenvalue weighted by atomic mass is 35.5. The summed E-state index contributed by atoms with van der Waals surface area (Å²) in [5, 5.41) is 3.39. The molecule has 1 N–H and O–H groups in total. The van der Waals surface area contributed by atoms with Gasteiger partial charge in [-0.3, -0.25) is 4.79 Å². The summed E-state index contributed by atoms with van der Waals surface area (Å²) in [6.45, 7) is 0. The van der Waals surface area contributed by atoms with Crippen molar-refractivity contribution < 1.29 is 9.53 Å². The maximum atomic E-state index is 12.4. The number of hydrogen-bond donors (Lipinski definition) is 1. The molecule has 2 heterocycles. The van der Waals surface area contributed by atoms with E-state index in [0.29, 0.717) is 33.7 Å². The molecule has 0 aliphatic carbocycles. The van der Waals surface area contributed by atoms with Crippen molar-refractivity contribution in [2.45, 2.75) is 0 Å². The lowest BCUT2D eigenvalue weighted by Crippen LogP contribution is -2.13. The molecular weight excluding hydrogens is 388 g/mol.